The zero-order valence-corrected chi connectivity index (χ0v) is 18.5. The van der Waals surface area contributed by atoms with E-state index < -0.39 is 30.1 Å². The summed E-state index contributed by atoms with van der Waals surface area (Å²) in [5.74, 6) is -1.54. The van der Waals surface area contributed by atoms with Crippen molar-refractivity contribution >= 4 is 18.0 Å². The molecule has 2 amide bonds. The number of aliphatic carboxylic acids is 1. The molecule has 0 aliphatic heterocycles. The van der Waals surface area contributed by atoms with Crippen LogP contribution >= 0.6 is 0 Å². The quantitative estimate of drug-likeness (QED) is 0.554. The average Bonchev–Trinajstić information content (AvgIpc) is 3.04. The molecule has 8 nitrogen and oxygen atoms in total. The normalized spacial score (nSPS) is 14.2. The van der Waals surface area contributed by atoms with Gasteiger partial charge < -0.3 is 25.4 Å². The molecule has 0 saturated heterocycles. The summed E-state index contributed by atoms with van der Waals surface area (Å²) in [6.07, 6.45) is -0.898. The number of ether oxygens (including phenoxy) is 1. The van der Waals surface area contributed by atoms with Gasteiger partial charge in [-0.05, 0) is 43.3 Å². The number of carbonyl (C=O) groups excluding carboxylic acids is 2. The highest BCUT2D eigenvalue weighted by molar-refractivity contribution is 5.86. The zero-order chi connectivity index (χ0) is 23.3. The Morgan fingerprint density at radius 1 is 1.00 bits per heavy atom. The van der Waals surface area contributed by atoms with E-state index in [1.165, 1.54) is 0 Å². The summed E-state index contributed by atoms with van der Waals surface area (Å²) in [7, 11) is 3.56. The second-order valence-corrected chi connectivity index (χ2v) is 8.29. The number of benzene rings is 2. The molecule has 32 heavy (non-hydrogen) atoms. The van der Waals surface area contributed by atoms with E-state index in [4.69, 9.17) is 9.84 Å². The first-order chi connectivity index (χ1) is 15.3. The van der Waals surface area contributed by atoms with Crippen molar-refractivity contribution in [3.05, 3.63) is 59.7 Å². The van der Waals surface area contributed by atoms with Crippen molar-refractivity contribution in [3.8, 4) is 11.1 Å². The van der Waals surface area contributed by atoms with Gasteiger partial charge >= 0.3 is 12.1 Å². The van der Waals surface area contributed by atoms with Gasteiger partial charge in [-0.15, -0.1) is 0 Å². The highest BCUT2D eigenvalue weighted by Crippen LogP contribution is 2.44. The van der Waals surface area contributed by atoms with Gasteiger partial charge in [-0.2, -0.15) is 0 Å². The van der Waals surface area contributed by atoms with Crippen LogP contribution in [0.4, 0.5) is 4.79 Å². The summed E-state index contributed by atoms with van der Waals surface area (Å²) in [5, 5.41) is 14.1. The molecule has 0 spiro atoms. The van der Waals surface area contributed by atoms with Crippen LogP contribution in [-0.4, -0.2) is 67.3 Å². The van der Waals surface area contributed by atoms with E-state index in [9.17, 15) is 14.4 Å². The van der Waals surface area contributed by atoms with E-state index in [0.29, 0.717) is 0 Å². The van der Waals surface area contributed by atoms with Crippen LogP contribution in [0.3, 0.4) is 0 Å². The lowest BCUT2D eigenvalue weighted by Gasteiger charge is -2.23. The fourth-order valence-corrected chi connectivity index (χ4v) is 4.00. The van der Waals surface area contributed by atoms with E-state index in [1.807, 2.05) is 36.4 Å². The molecule has 8 heteroatoms. The standard InChI is InChI=1S/C24H29N3O5/c1-15(12-22(28)29)25-23(30)21(13-27(2)3)26-24(31)32-14-20-18-10-6-4-8-16(18)17-9-5-7-11-19(17)20/h4-11,15,20-21H,12-14H2,1-3H3,(H,25,30)(H,26,31)(H,28,29)/t15?,21-/m0/s1. The summed E-state index contributed by atoms with van der Waals surface area (Å²) in [6, 6.07) is 14.7. The second kappa shape index (κ2) is 10.3. The molecule has 0 aromatic heterocycles. The SMILES string of the molecule is CC(CC(=O)O)NC(=O)[C@H](CN(C)C)NC(=O)OCC1c2ccccc2-c2ccccc21. The van der Waals surface area contributed by atoms with Gasteiger partial charge in [-0.25, -0.2) is 4.79 Å². The number of carbonyl (C=O) groups is 3. The van der Waals surface area contributed by atoms with Gasteiger partial charge in [0.1, 0.15) is 12.6 Å². The number of amides is 2. The molecule has 0 fully saturated rings. The fourth-order valence-electron chi connectivity index (χ4n) is 4.00. The topological polar surface area (TPSA) is 108 Å². The monoisotopic (exact) mass is 439 g/mol. The van der Waals surface area contributed by atoms with Gasteiger partial charge in [-0.1, -0.05) is 48.5 Å². The summed E-state index contributed by atoms with van der Waals surface area (Å²) >= 11 is 0. The molecule has 2 aromatic carbocycles. The van der Waals surface area contributed by atoms with Crippen LogP contribution in [0.15, 0.2) is 48.5 Å². The van der Waals surface area contributed by atoms with Gasteiger partial charge in [0, 0.05) is 18.5 Å². The minimum atomic E-state index is -1.01. The highest BCUT2D eigenvalue weighted by atomic mass is 16.5. The Hall–Kier alpha value is -3.39. The molecule has 1 aliphatic carbocycles. The average molecular weight is 440 g/mol. The number of hydrogen-bond acceptors (Lipinski definition) is 5. The summed E-state index contributed by atoms with van der Waals surface area (Å²) in [5.41, 5.74) is 4.47. The molecule has 3 N–H and O–H groups in total. The lowest BCUT2D eigenvalue weighted by molar-refractivity contribution is -0.137. The Labute approximate surface area is 187 Å². The molecular weight excluding hydrogens is 410 g/mol. The van der Waals surface area contributed by atoms with E-state index >= 15 is 0 Å². The molecule has 0 bridgehead atoms. The van der Waals surface area contributed by atoms with E-state index in [-0.39, 0.29) is 25.5 Å². The molecule has 2 aromatic rings. The lowest BCUT2D eigenvalue weighted by Crippen LogP contribution is -2.53. The molecule has 1 aliphatic rings. The Balaban J connectivity index is 1.64. The molecule has 1 unspecified atom stereocenters. The lowest BCUT2D eigenvalue weighted by atomic mass is 9.98. The van der Waals surface area contributed by atoms with Gasteiger partial charge in [0.05, 0.1) is 6.42 Å². The number of rotatable bonds is 9. The summed E-state index contributed by atoms with van der Waals surface area (Å²) < 4.78 is 5.53. The van der Waals surface area contributed by atoms with Crippen molar-refractivity contribution < 1.29 is 24.2 Å². The maximum absolute atomic E-state index is 12.6. The smallest absolute Gasteiger partial charge is 0.407 e. The Morgan fingerprint density at radius 3 is 2.09 bits per heavy atom. The van der Waals surface area contributed by atoms with Gasteiger partial charge in [0.25, 0.3) is 0 Å². The van der Waals surface area contributed by atoms with Crippen LogP contribution in [0.5, 0.6) is 0 Å². The van der Waals surface area contributed by atoms with Crippen LogP contribution in [0, 0.1) is 0 Å². The molecule has 3 rings (SSSR count). The molecule has 0 heterocycles. The zero-order valence-electron chi connectivity index (χ0n) is 18.5. The minimum Gasteiger partial charge on any atom is -0.481 e. The fraction of sp³-hybridized carbons (Fsp3) is 0.375. The predicted molar refractivity (Wildman–Crippen MR) is 120 cm³/mol. The van der Waals surface area contributed by atoms with Gasteiger partial charge in [-0.3, -0.25) is 9.59 Å². The molecular formula is C24H29N3O5. The third-order valence-corrected chi connectivity index (χ3v) is 5.37. The van der Waals surface area contributed by atoms with Gasteiger partial charge in [0.15, 0.2) is 0 Å². The molecule has 0 saturated carbocycles. The maximum Gasteiger partial charge on any atom is 0.407 e. The number of nitrogens with zero attached hydrogens (tertiary/aromatic N) is 1. The van der Waals surface area contributed by atoms with Crippen molar-refractivity contribution in [2.75, 3.05) is 27.2 Å². The number of nitrogens with one attached hydrogen (secondary N) is 2. The minimum absolute atomic E-state index is 0.0788. The van der Waals surface area contributed by atoms with Crippen LogP contribution in [0.1, 0.15) is 30.4 Å². The van der Waals surface area contributed by atoms with Crippen LogP contribution < -0.4 is 10.6 Å². The Bertz CT molecular complexity index is 946. The third kappa shape index (κ3) is 5.64. The molecule has 2 atom stereocenters. The van der Waals surface area contributed by atoms with Crippen LogP contribution in [0.25, 0.3) is 11.1 Å². The summed E-state index contributed by atoms with van der Waals surface area (Å²) in [6.45, 7) is 1.99. The number of carboxylic acids is 1. The van der Waals surface area contributed by atoms with Crippen molar-refractivity contribution in [2.45, 2.75) is 31.3 Å². The third-order valence-electron chi connectivity index (χ3n) is 5.37. The van der Waals surface area contributed by atoms with Crippen LogP contribution in [0.2, 0.25) is 0 Å². The Kier molecular flexibility index (Phi) is 7.48. The second-order valence-electron chi connectivity index (χ2n) is 8.29. The number of likely N-dealkylation sites (N-methyl/N-ethyl adjacent to an activating group) is 1. The van der Waals surface area contributed by atoms with Crippen molar-refractivity contribution in [1.82, 2.24) is 15.5 Å². The van der Waals surface area contributed by atoms with Gasteiger partial charge in [0.2, 0.25) is 5.91 Å². The number of hydrogen-bond donors (Lipinski definition) is 3. The maximum atomic E-state index is 12.6. The number of carboxylic acid groups (broad SMARTS) is 1. The first kappa shape index (κ1) is 23.3. The van der Waals surface area contributed by atoms with Crippen molar-refractivity contribution in [1.29, 1.82) is 0 Å². The van der Waals surface area contributed by atoms with Crippen molar-refractivity contribution in [2.24, 2.45) is 0 Å². The number of alkyl carbamates (subject to hydrolysis) is 1. The van der Waals surface area contributed by atoms with E-state index in [0.717, 1.165) is 22.3 Å². The molecule has 170 valence electrons. The van der Waals surface area contributed by atoms with E-state index in [1.54, 1.807) is 25.9 Å². The Morgan fingerprint density at radius 2 is 1.56 bits per heavy atom. The summed E-state index contributed by atoms with van der Waals surface area (Å²) in [4.78, 5) is 37.8. The first-order valence-electron chi connectivity index (χ1n) is 10.5. The van der Waals surface area contributed by atoms with E-state index in [2.05, 4.69) is 22.8 Å². The largest absolute Gasteiger partial charge is 0.481 e. The highest BCUT2D eigenvalue weighted by Gasteiger charge is 2.30. The number of fused-ring (bicyclic) bond motifs is 3. The van der Waals surface area contributed by atoms with Crippen LogP contribution in [-0.2, 0) is 14.3 Å². The first-order valence-corrected chi connectivity index (χ1v) is 10.5. The van der Waals surface area contributed by atoms with Crippen molar-refractivity contribution in [3.63, 3.8) is 0 Å². The predicted octanol–water partition coefficient (Wildman–Crippen LogP) is 2.43. The molecule has 0 radical (unpaired) electrons.